The van der Waals surface area contributed by atoms with Crippen molar-refractivity contribution in [3.05, 3.63) is 20.8 Å². The summed E-state index contributed by atoms with van der Waals surface area (Å²) in [6, 6.07) is 1.90. The van der Waals surface area contributed by atoms with E-state index in [2.05, 4.69) is 41.7 Å². The predicted molar refractivity (Wildman–Crippen MR) is 74.6 cm³/mol. The fourth-order valence-electron chi connectivity index (χ4n) is 2.02. The van der Waals surface area contributed by atoms with Gasteiger partial charge in [-0.3, -0.25) is 9.69 Å². The van der Waals surface area contributed by atoms with Gasteiger partial charge in [0.1, 0.15) is 0 Å². The number of carbonyl (C=O) groups is 1. The summed E-state index contributed by atoms with van der Waals surface area (Å²) in [5.74, 6) is 0.146. The standard InChI is InChI=1S/C12H17BrN2OS/c1-12(2)8-15(5-4-14(12)3)11(16)9-6-10(13)17-7-9/h6-7H,4-5,8H2,1-3H3. The Balaban J connectivity index is 2.11. The van der Waals surface area contributed by atoms with Crippen molar-refractivity contribution in [3.8, 4) is 0 Å². The molecule has 1 amide bonds. The molecule has 0 saturated carbocycles. The van der Waals surface area contributed by atoms with Gasteiger partial charge in [0.05, 0.1) is 9.35 Å². The quantitative estimate of drug-likeness (QED) is 0.795. The summed E-state index contributed by atoms with van der Waals surface area (Å²) in [4.78, 5) is 16.6. The monoisotopic (exact) mass is 316 g/mol. The third-order valence-corrected chi connectivity index (χ3v) is 4.92. The summed E-state index contributed by atoms with van der Waals surface area (Å²) in [6.45, 7) is 6.89. The molecule has 1 saturated heterocycles. The molecular weight excluding hydrogens is 300 g/mol. The summed E-state index contributed by atoms with van der Waals surface area (Å²) in [7, 11) is 2.11. The van der Waals surface area contributed by atoms with E-state index >= 15 is 0 Å². The molecule has 2 rings (SSSR count). The number of likely N-dealkylation sites (N-methyl/N-ethyl adjacent to an activating group) is 1. The van der Waals surface area contributed by atoms with E-state index in [1.165, 1.54) is 0 Å². The van der Waals surface area contributed by atoms with Crippen LogP contribution < -0.4 is 0 Å². The first kappa shape index (κ1) is 13.1. The summed E-state index contributed by atoms with van der Waals surface area (Å²) in [5, 5.41) is 1.91. The molecule has 0 radical (unpaired) electrons. The van der Waals surface area contributed by atoms with Crippen molar-refractivity contribution in [1.29, 1.82) is 0 Å². The van der Waals surface area contributed by atoms with Crippen LogP contribution in [0.3, 0.4) is 0 Å². The molecule has 1 aliphatic rings. The Morgan fingerprint density at radius 3 is 2.71 bits per heavy atom. The SMILES string of the molecule is CN1CCN(C(=O)c2csc(Br)c2)CC1(C)C. The first-order valence-corrected chi connectivity index (χ1v) is 7.32. The van der Waals surface area contributed by atoms with Gasteiger partial charge in [-0.15, -0.1) is 11.3 Å². The molecular formula is C12H17BrN2OS. The number of amides is 1. The molecule has 3 nitrogen and oxygen atoms in total. The molecule has 1 fully saturated rings. The lowest BCUT2D eigenvalue weighted by atomic mass is 9.99. The van der Waals surface area contributed by atoms with Crippen molar-refractivity contribution in [2.45, 2.75) is 19.4 Å². The smallest absolute Gasteiger partial charge is 0.254 e. The highest BCUT2D eigenvalue weighted by Gasteiger charge is 2.33. The molecule has 1 aromatic heterocycles. The lowest BCUT2D eigenvalue weighted by Crippen LogP contribution is -2.58. The number of piperazine rings is 1. The molecule has 1 aromatic rings. The highest BCUT2D eigenvalue weighted by molar-refractivity contribution is 9.11. The minimum atomic E-state index is 0.0567. The van der Waals surface area contributed by atoms with Crippen LogP contribution in [0.2, 0.25) is 0 Å². The third-order valence-electron chi connectivity index (χ3n) is 3.42. The van der Waals surface area contributed by atoms with Crippen molar-refractivity contribution in [1.82, 2.24) is 9.80 Å². The van der Waals surface area contributed by atoms with Crippen LogP contribution in [-0.2, 0) is 0 Å². The van der Waals surface area contributed by atoms with Gasteiger partial charge >= 0.3 is 0 Å². The summed E-state index contributed by atoms with van der Waals surface area (Å²) in [5.41, 5.74) is 0.850. The molecule has 94 valence electrons. The number of carbonyl (C=O) groups excluding carboxylic acids is 1. The zero-order chi connectivity index (χ0) is 12.6. The van der Waals surface area contributed by atoms with Gasteiger partial charge in [-0.25, -0.2) is 0 Å². The van der Waals surface area contributed by atoms with E-state index in [-0.39, 0.29) is 11.4 Å². The van der Waals surface area contributed by atoms with Gasteiger partial charge in [-0.05, 0) is 42.9 Å². The predicted octanol–water partition coefficient (Wildman–Crippen LogP) is 2.68. The number of halogens is 1. The van der Waals surface area contributed by atoms with Gasteiger partial charge in [0.2, 0.25) is 0 Å². The molecule has 0 atom stereocenters. The Bertz CT molecular complexity index is 430. The minimum absolute atomic E-state index is 0.0567. The van der Waals surface area contributed by atoms with E-state index in [4.69, 9.17) is 0 Å². The van der Waals surface area contributed by atoms with E-state index in [9.17, 15) is 4.79 Å². The highest BCUT2D eigenvalue weighted by atomic mass is 79.9. The van der Waals surface area contributed by atoms with Crippen LogP contribution in [0.1, 0.15) is 24.2 Å². The molecule has 0 aromatic carbocycles. The Kier molecular flexibility index (Phi) is 3.61. The van der Waals surface area contributed by atoms with Crippen LogP contribution in [0.4, 0.5) is 0 Å². The van der Waals surface area contributed by atoms with Crippen LogP contribution in [-0.4, -0.2) is 47.9 Å². The van der Waals surface area contributed by atoms with Gasteiger partial charge in [-0.2, -0.15) is 0 Å². The second-order valence-electron chi connectivity index (χ2n) is 5.10. The lowest BCUT2D eigenvalue weighted by molar-refractivity contribution is 0.0312. The van der Waals surface area contributed by atoms with Crippen LogP contribution >= 0.6 is 27.3 Å². The van der Waals surface area contributed by atoms with Crippen molar-refractivity contribution < 1.29 is 4.79 Å². The van der Waals surface area contributed by atoms with Crippen molar-refractivity contribution >= 4 is 33.2 Å². The first-order chi connectivity index (χ1) is 7.90. The van der Waals surface area contributed by atoms with Crippen molar-refractivity contribution in [3.63, 3.8) is 0 Å². The fourth-order valence-corrected chi connectivity index (χ4v) is 3.15. The lowest BCUT2D eigenvalue weighted by Gasteiger charge is -2.45. The van der Waals surface area contributed by atoms with Crippen molar-refractivity contribution in [2.24, 2.45) is 0 Å². The van der Waals surface area contributed by atoms with E-state index < -0.39 is 0 Å². The van der Waals surface area contributed by atoms with Crippen molar-refractivity contribution in [2.75, 3.05) is 26.7 Å². The second kappa shape index (κ2) is 4.71. The minimum Gasteiger partial charge on any atom is -0.336 e. The van der Waals surface area contributed by atoms with E-state index in [1.807, 2.05) is 16.3 Å². The summed E-state index contributed by atoms with van der Waals surface area (Å²) in [6.07, 6.45) is 0. The molecule has 5 heteroatoms. The maximum absolute atomic E-state index is 12.3. The fraction of sp³-hybridized carbons (Fsp3) is 0.583. The van der Waals surface area contributed by atoms with Crippen LogP contribution in [0.5, 0.6) is 0 Å². The number of nitrogens with zero attached hydrogens (tertiary/aromatic N) is 2. The summed E-state index contributed by atoms with van der Waals surface area (Å²) < 4.78 is 1.01. The first-order valence-electron chi connectivity index (χ1n) is 5.65. The maximum Gasteiger partial charge on any atom is 0.254 e. The van der Waals surface area contributed by atoms with Gasteiger partial charge in [0.25, 0.3) is 5.91 Å². The van der Waals surface area contributed by atoms with Gasteiger partial charge in [0, 0.05) is 30.6 Å². The molecule has 0 aliphatic carbocycles. The molecule has 1 aliphatic heterocycles. The van der Waals surface area contributed by atoms with Crippen LogP contribution in [0.25, 0.3) is 0 Å². The number of hydrogen-bond donors (Lipinski definition) is 0. The highest BCUT2D eigenvalue weighted by Crippen LogP contribution is 2.24. The summed E-state index contributed by atoms with van der Waals surface area (Å²) >= 11 is 4.95. The molecule has 0 spiro atoms. The molecule has 0 bridgehead atoms. The molecule has 17 heavy (non-hydrogen) atoms. The molecule has 0 unspecified atom stereocenters. The van der Waals surface area contributed by atoms with Gasteiger partial charge < -0.3 is 4.90 Å². The maximum atomic E-state index is 12.3. The average molecular weight is 317 g/mol. The Morgan fingerprint density at radius 2 is 2.18 bits per heavy atom. The number of hydrogen-bond acceptors (Lipinski definition) is 3. The average Bonchev–Trinajstić information content (AvgIpc) is 2.68. The number of rotatable bonds is 1. The van der Waals surface area contributed by atoms with Gasteiger partial charge in [-0.1, -0.05) is 0 Å². The second-order valence-corrected chi connectivity index (χ2v) is 7.39. The van der Waals surface area contributed by atoms with E-state index in [0.717, 1.165) is 29.0 Å². The largest absolute Gasteiger partial charge is 0.336 e. The Labute approximate surface area is 115 Å². The van der Waals surface area contributed by atoms with Crippen LogP contribution in [0.15, 0.2) is 15.2 Å². The Morgan fingerprint density at radius 1 is 1.47 bits per heavy atom. The molecule has 2 heterocycles. The zero-order valence-corrected chi connectivity index (χ0v) is 12.8. The molecule has 0 N–H and O–H groups in total. The number of thiophene rings is 1. The normalized spacial score (nSPS) is 20.6. The van der Waals surface area contributed by atoms with Crippen LogP contribution in [0, 0.1) is 0 Å². The third kappa shape index (κ3) is 2.72. The van der Waals surface area contributed by atoms with E-state index in [1.54, 1.807) is 11.3 Å². The van der Waals surface area contributed by atoms with Gasteiger partial charge in [0.15, 0.2) is 0 Å². The zero-order valence-electron chi connectivity index (χ0n) is 10.4. The van der Waals surface area contributed by atoms with E-state index in [0.29, 0.717) is 0 Å². The Hall–Kier alpha value is -0.390. The topological polar surface area (TPSA) is 23.6 Å².